The molecule has 0 bridgehead atoms. The van der Waals surface area contributed by atoms with E-state index in [9.17, 15) is 13.2 Å². The molecule has 1 saturated carbocycles. The van der Waals surface area contributed by atoms with Crippen LogP contribution in [-0.4, -0.2) is 16.1 Å². The van der Waals surface area contributed by atoms with Crippen LogP contribution in [0, 0.1) is 3.57 Å². The monoisotopic (exact) mass is 554 g/mol. The summed E-state index contributed by atoms with van der Waals surface area (Å²) in [5.74, 6) is 0.526. The number of halogens is 4. The second-order valence-electron chi connectivity index (χ2n) is 7.62. The van der Waals surface area contributed by atoms with E-state index in [2.05, 4.69) is 43.2 Å². The fourth-order valence-corrected chi connectivity index (χ4v) is 4.11. The van der Waals surface area contributed by atoms with Gasteiger partial charge in [-0.05, 0) is 90.7 Å². The number of alkyl halides is 3. The first-order chi connectivity index (χ1) is 15.4. The molecule has 1 aliphatic rings. The number of ether oxygens (including phenoxy) is 1. The highest BCUT2D eigenvalue weighted by Gasteiger charge is 2.35. The van der Waals surface area contributed by atoms with Gasteiger partial charge in [-0.15, -0.1) is 0 Å². The molecule has 0 saturated heterocycles. The van der Waals surface area contributed by atoms with E-state index in [0.29, 0.717) is 11.4 Å². The van der Waals surface area contributed by atoms with Crippen molar-refractivity contribution in [3.8, 4) is 5.75 Å². The van der Waals surface area contributed by atoms with Crippen molar-refractivity contribution in [3.63, 3.8) is 0 Å². The molecule has 1 aromatic heterocycles. The standard InChI is InChI=1S/C23H22F3IN4O/c24-23(25,26)20-14-28-22(31-21(20)29-17-6-4-5-15(27)13-17)30-16-9-11-19(12-10-16)32-18-7-2-1-3-8-18/h4-6,9-14,18H,1-3,7-8H2,(H2,28,29,30,31). The summed E-state index contributed by atoms with van der Waals surface area (Å²) < 4.78 is 47.3. The summed E-state index contributed by atoms with van der Waals surface area (Å²) in [5, 5.41) is 5.73. The van der Waals surface area contributed by atoms with Gasteiger partial charge >= 0.3 is 6.18 Å². The number of benzene rings is 2. The van der Waals surface area contributed by atoms with Crippen molar-refractivity contribution in [1.29, 1.82) is 0 Å². The summed E-state index contributed by atoms with van der Waals surface area (Å²) >= 11 is 2.10. The number of hydrogen-bond acceptors (Lipinski definition) is 5. The molecular weight excluding hydrogens is 532 g/mol. The van der Waals surface area contributed by atoms with Crippen LogP contribution in [-0.2, 0) is 6.18 Å². The first-order valence-electron chi connectivity index (χ1n) is 10.4. The first kappa shape index (κ1) is 22.6. The molecule has 2 aromatic carbocycles. The quantitative estimate of drug-likeness (QED) is 0.314. The Bertz CT molecular complexity index is 1050. The first-order valence-corrected chi connectivity index (χ1v) is 11.5. The maximum absolute atomic E-state index is 13.5. The largest absolute Gasteiger partial charge is 0.490 e. The van der Waals surface area contributed by atoms with Crippen LogP contribution in [0.25, 0.3) is 0 Å². The fourth-order valence-electron chi connectivity index (χ4n) is 3.57. The molecule has 32 heavy (non-hydrogen) atoms. The van der Waals surface area contributed by atoms with Crippen molar-refractivity contribution in [3.05, 3.63) is 63.9 Å². The number of nitrogens with zero attached hydrogens (tertiary/aromatic N) is 2. The average Bonchev–Trinajstić information content (AvgIpc) is 2.75. The van der Waals surface area contributed by atoms with E-state index in [1.165, 1.54) is 19.3 Å². The normalized spacial score (nSPS) is 14.8. The van der Waals surface area contributed by atoms with E-state index in [1.54, 1.807) is 30.3 Å². The Kier molecular flexibility index (Phi) is 7.02. The van der Waals surface area contributed by atoms with Crippen LogP contribution in [0.2, 0.25) is 0 Å². The lowest BCUT2D eigenvalue weighted by molar-refractivity contribution is -0.137. The van der Waals surface area contributed by atoms with E-state index in [1.807, 2.05) is 18.2 Å². The van der Waals surface area contributed by atoms with Crippen molar-refractivity contribution in [1.82, 2.24) is 9.97 Å². The van der Waals surface area contributed by atoms with Gasteiger partial charge in [0, 0.05) is 21.1 Å². The molecule has 2 N–H and O–H groups in total. The minimum atomic E-state index is -4.58. The van der Waals surface area contributed by atoms with Crippen LogP contribution >= 0.6 is 22.6 Å². The van der Waals surface area contributed by atoms with E-state index in [0.717, 1.165) is 28.4 Å². The molecule has 3 aromatic rings. The molecular formula is C23H22F3IN4O. The fraction of sp³-hybridized carbons (Fsp3) is 0.304. The Balaban J connectivity index is 1.50. The molecule has 0 unspecified atom stereocenters. The maximum atomic E-state index is 13.5. The Hall–Kier alpha value is -2.56. The molecule has 0 aliphatic heterocycles. The Morgan fingerprint density at radius 2 is 1.69 bits per heavy atom. The van der Waals surface area contributed by atoms with Crippen molar-refractivity contribution in [2.45, 2.75) is 44.4 Å². The SMILES string of the molecule is FC(F)(F)c1cnc(Nc2ccc(OC3CCCCC3)cc2)nc1Nc1cccc(I)c1. The molecule has 1 heterocycles. The van der Waals surface area contributed by atoms with Gasteiger partial charge in [0.25, 0.3) is 0 Å². The van der Waals surface area contributed by atoms with E-state index in [-0.39, 0.29) is 17.9 Å². The van der Waals surface area contributed by atoms with Crippen LogP contribution in [0.4, 0.5) is 36.3 Å². The van der Waals surface area contributed by atoms with Gasteiger partial charge < -0.3 is 15.4 Å². The summed E-state index contributed by atoms with van der Waals surface area (Å²) in [6.45, 7) is 0. The number of anilines is 4. The van der Waals surface area contributed by atoms with Crippen molar-refractivity contribution >= 4 is 45.7 Å². The average molecular weight is 554 g/mol. The maximum Gasteiger partial charge on any atom is 0.421 e. The zero-order chi connectivity index (χ0) is 22.6. The van der Waals surface area contributed by atoms with E-state index < -0.39 is 11.7 Å². The minimum absolute atomic E-state index is 0.0621. The predicted octanol–water partition coefficient (Wildman–Crippen LogP) is 7.30. The van der Waals surface area contributed by atoms with Gasteiger partial charge in [-0.2, -0.15) is 18.2 Å². The third-order valence-electron chi connectivity index (χ3n) is 5.15. The molecule has 0 amide bonds. The van der Waals surface area contributed by atoms with E-state index >= 15 is 0 Å². The van der Waals surface area contributed by atoms with E-state index in [4.69, 9.17) is 4.74 Å². The third-order valence-corrected chi connectivity index (χ3v) is 5.82. The van der Waals surface area contributed by atoms with Crippen molar-refractivity contribution < 1.29 is 17.9 Å². The van der Waals surface area contributed by atoms with Crippen LogP contribution < -0.4 is 15.4 Å². The minimum Gasteiger partial charge on any atom is -0.490 e. The number of aromatic nitrogens is 2. The Morgan fingerprint density at radius 1 is 0.938 bits per heavy atom. The van der Waals surface area contributed by atoms with Crippen molar-refractivity contribution in [2.24, 2.45) is 0 Å². The molecule has 9 heteroatoms. The molecule has 1 aliphatic carbocycles. The summed E-state index contributed by atoms with van der Waals surface area (Å²) in [7, 11) is 0. The highest BCUT2D eigenvalue weighted by Crippen LogP contribution is 2.35. The second-order valence-corrected chi connectivity index (χ2v) is 8.86. The summed E-state index contributed by atoms with van der Waals surface area (Å²) in [6.07, 6.45) is 2.21. The van der Waals surface area contributed by atoms with Crippen LogP contribution in [0.5, 0.6) is 5.75 Å². The smallest absolute Gasteiger partial charge is 0.421 e. The van der Waals surface area contributed by atoms with Crippen LogP contribution in [0.3, 0.4) is 0 Å². The lowest BCUT2D eigenvalue weighted by Crippen LogP contribution is -2.19. The highest BCUT2D eigenvalue weighted by molar-refractivity contribution is 14.1. The van der Waals surface area contributed by atoms with Gasteiger partial charge in [0.1, 0.15) is 17.1 Å². The zero-order valence-electron chi connectivity index (χ0n) is 17.1. The lowest BCUT2D eigenvalue weighted by atomic mass is 9.98. The lowest BCUT2D eigenvalue weighted by Gasteiger charge is -2.23. The topological polar surface area (TPSA) is 59.1 Å². The Labute approximate surface area is 198 Å². The second kappa shape index (κ2) is 9.93. The summed E-state index contributed by atoms with van der Waals surface area (Å²) in [6, 6.07) is 14.3. The van der Waals surface area contributed by atoms with Crippen molar-refractivity contribution in [2.75, 3.05) is 10.6 Å². The van der Waals surface area contributed by atoms with Gasteiger partial charge in [0.05, 0.1) is 6.10 Å². The number of nitrogens with one attached hydrogen (secondary N) is 2. The molecule has 0 radical (unpaired) electrons. The highest BCUT2D eigenvalue weighted by atomic mass is 127. The third kappa shape index (κ3) is 6.02. The van der Waals surface area contributed by atoms with Gasteiger partial charge in [-0.3, -0.25) is 0 Å². The van der Waals surface area contributed by atoms with Gasteiger partial charge in [-0.25, -0.2) is 4.98 Å². The molecule has 4 rings (SSSR count). The van der Waals surface area contributed by atoms with Gasteiger partial charge in [0.2, 0.25) is 5.95 Å². The molecule has 5 nitrogen and oxygen atoms in total. The molecule has 1 fully saturated rings. The Morgan fingerprint density at radius 3 is 2.38 bits per heavy atom. The van der Waals surface area contributed by atoms with Crippen LogP contribution in [0.15, 0.2) is 54.7 Å². The molecule has 168 valence electrons. The number of rotatable bonds is 6. The number of hydrogen-bond donors (Lipinski definition) is 2. The zero-order valence-corrected chi connectivity index (χ0v) is 19.3. The molecule has 0 atom stereocenters. The van der Waals surface area contributed by atoms with Crippen LogP contribution in [0.1, 0.15) is 37.7 Å². The summed E-state index contributed by atoms with van der Waals surface area (Å²) in [4.78, 5) is 7.95. The van der Waals surface area contributed by atoms with Gasteiger partial charge in [-0.1, -0.05) is 12.5 Å². The van der Waals surface area contributed by atoms with Gasteiger partial charge in [0.15, 0.2) is 0 Å². The molecule has 0 spiro atoms. The summed E-state index contributed by atoms with van der Waals surface area (Å²) in [5.41, 5.74) is 0.232. The predicted molar refractivity (Wildman–Crippen MR) is 127 cm³/mol.